The van der Waals surface area contributed by atoms with E-state index in [1.807, 2.05) is 33.2 Å². The molecule has 4 heteroatoms. The van der Waals surface area contributed by atoms with E-state index in [9.17, 15) is 0 Å². The maximum absolute atomic E-state index is 6.18. The monoisotopic (exact) mass is 211 g/mol. The molecule has 15 heavy (non-hydrogen) atoms. The summed E-state index contributed by atoms with van der Waals surface area (Å²) in [5.41, 5.74) is 6.74. The lowest BCUT2D eigenvalue weighted by molar-refractivity contribution is -0.0481. The zero-order valence-corrected chi connectivity index (χ0v) is 10.0. The van der Waals surface area contributed by atoms with Crippen LogP contribution < -0.4 is 5.73 Å². The first kappa shape index (κ1) is 12.2. The van der Waals surface area contributed by atoms with Gasteiger partial charge in [-0.15, -0.1) is 0 Å². The van der Waals surface area contributed by atoms with E-state index >= 15 is 0 Å². The summed E-state index contributed by atoms with van der Waals surface area (Å²) in [7, 11) is 1.89. The van der Waals surface area contributed by atoms with Crippen LogP contribution >= 0.6 is 0 Å². The van der Waals surface area contributed by atoms with Crippen molar-refractivity contribution < 1.29 is 4.74 Å². The number of aromatic nitrogens is 2. The zero-order chi connectivity index (χ0) is 11.5. The Morgan fingerprint density at radius 3 is 2.67 bits per heavy atom. The SMILES string of the molecule is CCOC(C)(CC)C(N)c1ccn(C)n1. The Bertz CT molecular complexity index is 311. The predicted octanol–water partition coefficient (Wildman–Crippen LogP) is 1.63. The van der Waals surface area contributed by atoms with Gasteiger partial charge in [0.15, 0.2) is 0 Å². The summed E-state index contributed by atoms with van der Waals surface area (Å²) in [6, 6.07) is 1.76. The van der Waals surface area contributed by atoms with E-state index in [1.54, 1.807) is 4.68 Å². The van der Waals surface area contributed by atoms with Crippen molar-refractivity contribution in [1.82, 2.24) is 9.78 Å². The fraction of sp³-hybridized carbons (Fsp3) is 0.727. The fourth-order valence-corrected chi connectivity index (χ4v) is 1.65. The molecule has 0 aliphatic rings. The van der Waals surface area contributed by atoms with Crippen molar-refractivity contribution in [2.24, 2.45) is 12.8 Å². The van der Waals surface area contributed by atoms with Gasteiger partial charge in [-0.3, -0.25) is 4.68 Å². The molecule has 0 radical (unpaired) electrons. The van der Waals surface area contributed by atoms with Gasteiger partial charge in [-0.1, -0.05) is 6.92 Å². The molecule has 2 atom stereocenters. The Balaban J connectivity index is 2.85. The topological polar surface area (TPSA) is 53.1 Å². The van der Waals surface area contributed by atoms with Gasteiger partial charge in [0.1, 0.15) is 0 Å². The Kier molecular flexibility index (Phi) is 3.88. The van der Waals surface area contributed by atoms with E-state index in [1.165, 1.54) is 0 Å². The third-order valence-corrected chi connectivity index (χ3v) is 2.89. The first-order valence-electron chi connectivity index (χ1n) is 5.42. The van der Waals surface area contributed by atoms with Gasteiger partial charge in [0.2, 0.25) is 0 Å². The van der Waals surface area contributed by atoms with Gasteiger partial charge in [0.25, 0.3) is 0 Å². The Labute approximate surface area is 91.4 Å². The van der Waals surface area contributed by atoms with E-state index in [4.69, 9.17) is 10.5 Å². The second-order valence-electron chi connectivity index (χ2n) is 3.99. The fourth-order valence-electron chi connectivity index (χ4n) is 1.65. The second-order valence-corrected chi connectivity index (χ2v) is 3.99. The maximum atomic E-state index is 6.18. The molecule has 1 aromatic heterocycles. The van der Waals surface area contributed by atoms with Gasteiger partial charge in [-0.2, -0.15) is 5.10 Å². The highest BCUT2D eigenvalue weighted by Gasteiger charge is 2.32. The van der Waals surface area contributed by atoms with E-state index < -0.39 is 0 Å². The minimum absolute atomic E-state index is 0.177. The molecule has 86 valence electrons. The van der Waals surface area contributed by atoms with Crippen molar-refractivity contribution >= 4 is 0 Å². The maximum Gasteiger partial charge on any atom is 0.0859 e. The summed E-state index contributed by atoms with van der Waals surface area (Å²) < 4.78 is 7.49. The first-order valence-corrected chi connectivity index (χ1v) is 5.42. The van der Waals surface area contributed by atoms with Crippen LogP contribution in [0.25, 0.3) is 0 Å². The lowest BCUT2D eigenvalue weighted by Crippen LogP contribution is -2.40. The van der Waals surface area contributed by atoms with Crippen LogP contribution in [-0.4, -0.2) is 22.0 Å². The van der Waals surface area contributed by atoms with Crippen molar-refractivity contribution in [3.63, 3.8) is 0 Å². The molecule has 0 amide bonds. The molecule has 1 aromatic rings. The zero-order valence-electron chi connectivity index (χ0n) is 10.0. The highest BCUT2D eigenvalue weighted by Crippen LogP contribution is 2.28. The van der Waals surface area contributed by atoms with Crippen LogP contribution in [0.2, 0.25) is 0 Å². The van der Waals surface area contributed by atoms with E-state index in [0.29, 0.717) is 6.61 Å². The van der Waals surface area contributed by atoms with Crippen molar-refractivity contribution in [3.05, 3.63) is 18.0 Å². The molecule has 0 fully saturated rings. The van der Waals surface area contributed by atoms with Crippen molar-refractivity contribution in [3.8, 4) is 0 Å². The van der Waals surface area contributed by atoms with Gasteiger partial charge in [0, 0.05) is 19.9 Å². The number of nitrogens with two attached hydrogens (primary N) is 1. The quantitative estimate of drug-likeness (QED) is 0.805. The average Bonchev–Trinajstić information content (AvgIpc) is 2.64. The summed E-state index contributed by atoms with van der Waals surface area (Å²) in [4.78, 5) is 0. The molecule has 0 saturated carbocycles. The molecule has 0 bridgehead atoms. The van der Waals surface area contributed by atoms with Crippen LogP contribution in [0.1, 0.15) is 38.9 Å². The molecular formula is C11H21N3O. The normalized spacial score (nSPS) is 17.4. The summed E-state index contributed by atoms with van der Waals surface area (Å²) in [5.74, 6) is 0. The van der Waals surface area contributed by atoms with Crippen LogP contribution in [0.15, 0.2) is 12.3 Å². The molecule has 0 spiro atoms. The Morgan fingerprint density at radius 1 is 1.60 bits per heavy atom. The van der Waals surface area contributed by atoms with Crippen molar-refractivity contribution in [1.29, 1.82) is 0 Å². The van der Waals surface area contributed by atoms with E-state index in [2.05, 4.69) is 12.0 Å². The second kappa shape index (κ2) is 4.77. The standard InChI is InChI=1S/C11H21N3O/c1-5-11(3,15-6-2)10(12)9-7-8-14(4)13-9/h7-8,10H,5-6,12H2,1-4H3. The molecule has 2 N–H and O–H groups in total. The first-order chi connectivity index (χ1) is 7.03. The summed E-state index contributed by atoms with van der Waals surface area (Å²) in [6.45, 7) is 6.78. The van der Waals surface area contributed by atoms with Gasteiger partial charge in [-0.25, -0.2) is 0 Å². The average molecular weight is 211 g/mol. The lowest BCUT2D eigenvalue weighted by Gasteiger charge is -2.33. The van der Waals surface area contributed by atoms with Crippen LogP contribution in [-0.2, 0) is 11.8 Å². The van der Waals surface area contributed by atoms with E-state index in [-0.39, 0.29) is 11.6 Å². The third-order valence-electron chi connectivity index (χ3n) is 2.89. The highest BCUT2D eigenvalue weighted by molar-refractivity contribution is 5.10. The number of rotatable bonds is 5. The molecule has 1 rings (SSSR count). The van der Waals surface area contributed by atoms with Crippen LogP contribution in [0.3, 0.4) is 0 Å². The van der Waals surface area contributed by atoms with Gasteiger partial charge in [-0.05, 0) is 26.3 Å². The van der Waals surface area contributed by atoms with Crippen molar-refractivity contribution in [2.75, 3.05) is 6.61 Å². The highest BCUT2D eigenvalue weighted by atomic mass is 16.5. The molecular weight excluding hydrogens is 190 g/mol. The number of hydrogen-bond donors (Lipinski definition) is 1. The summed E-state index contributed by atoms with van der Waals surface area (Å²) >= 11 is 0. The number of nitrogens with zero attached hydrogens (tertiary/aromatic N) is 2. The Hall–Kier alpha value is -0.870. The molecule has 0 aliphatic heterocycles. The largest absolute Gasteiger partial charge is 0.374 e. The lowest BCUT2D eigenvalue weighted by atomic mass is 9.91. The summed E-state index contributed by atoms with van der Waals surface area (Å²) in [5, 5.41) is 4.32. The molecule has 0 aliphatic carbocycles. The minimum Gasteiger partial charge on any atom is -0.374 e. The van der Waals surface area contributed by atoms with Gasteiger partial charge in [0.05, 0.1) is 17.3 Å². The van der Waals surface area contributed by atoms with Crippen LogP contribution in [0, 0.1) is 0 Å². The smallest absolute Gasteiger partial charge is 0.0859 e. The molecule has 2 unspecified atom stereocenters. The number of ether oxygens (including phenoxy) is 1. The van der Waals surface area contributed by atoms with Crippen molar-refractivity contribution in [2.45, 2.75) is 38.8 Å². The number of aryl methyl sites for hydroxylation is 1. The molecule has 0 aromatic carbocycles. The molecule has 1 heterocycles. The van der Waals surface area contributed by atoms with Crippen LogP contribution in [0.4, 0.5) is 0 Å². The van der Waals surface area contributed by atoms with Gasteiger partial charge >= 0.3 is 0 Å². The predicted molar refractivity (Wildman–Crippen MR) is 60.5 cm³/mol. The number of hydrogen-bond acceptors (Lipinski definition) is 3. The van der Waals surface area contributed by atoms with E-state index in [0.717, 1.165) is 12.1 Å². The minimum atomic E-state index is -0.330. The Morgan fingerprint density at radius 2 is 2.27 bits per heavy atom. The molecule has 0 saturated heterocycles. The molecule has 4 nitrogen and oxygen atoms in total. The third kappa shape index (κ3) is 2.58. The summed E-state index contributed by atoms with van der Waals surface area (Å²) in [6.07, 6.45) is 2.77. The van der Waals surface area contributed by atoms with Crippen LogP contribution in [0.5, 0.6) is 0 Å². The van der Waals surface area contributed by atoms with Gasteiger partial charge < -0.3 is 10.5 Å².